The molecule has 4 heteroatoms. The predicted octanol–water partition coefficient (Wildman–Crippen LogP) is 4.36. The predicted molar refractivity (Wildman–Crippen MR) is 92.3 cm³/mol. The van der Waals surface area contributed by atoms with Crippen molar-refractivity contribution in [1.29, 1.82) is 0 Å². The Balaban J connectivity index is 1.93. The fraction of sp³-hybridized carbons (Fsp3) is 0.750. The first kappa shape index (κ1) is 16.5. The fourth-order valence-electron chi connectivity index (χ4n) is 3.47. The van der Waals surface area contributed by atoms with E-state index in [4.69, 9.17) is 0 Å². The Bertz CT molecular complexity index is 410. The number of rotatable bonds is 6. The first-order valence-electron chi connectivity index (χ1n) is 7.59. The Morgan fingerprint density at radius 3 is 2.70 bits per heavy atom. The van der Waals surface area contributed by atoms with Gasteiger partial charge in [-0.05, 0) is 60.3 Å². The molecule has 1 saturated carbocycles. The van der Waals surface area contributed by atoms with Crippen LogP contribution in [0.5, 0.6) is 0 Å². The monoisotopic (exact) mass is 358 g/mol. The van der Waals surface area contributed by atoms with Gasteiger partial charge in [-0.2, -0.15) is 0 Å². The van der Waals surface area contributed by atoms with Crippen molar-refractivity contribution in [3.63, 3.8) is 0 Å². The van der Waals surface area contributed by atoms with Crippen LogP contribution in [0.4, 0.5) is 0 Å². The van der Waals surface area contributed by atoms with E-state index in [0.29, 0.717) is 5.41 Å². The zero-order valence-electron chi connectivity index (χ0n) is 12.9. The summed E-state index contributed by atoms with van der Waals surface area (Å²) >= 11 is 5.39. The molecule has 0 saturated heterocycles. The highest BCUT2D eigenvalue weighted by atomic mass is 79.9. The molecule has 1 fully saturated rings. The summed E-state index contributed by atoms with van der Waals surface area (Å²) in [6.07, 6.45) is 5.51. The Morgan fingerprint density at radius 2 is 2.15 bits per heavy atom. The van der Waals surface area contributed by atoms with Gasteiger partial charge >= 0.3 is 0 Å². The molecule has 20 heavy (non-hydrogen) atoms. The lowest BCUT2D eigenvalue weighted by Gasteiger charge is -2.42. The smallest absolute Gasteiger partial charge is 0.0325 e. The molecule has 0 radical (unpaired) electrons. The van der Waals surface area contributed by atoms with E-state index in [1.807, 2.05) is 11.3 Å². The molecule has 0 aliphatic heterocycles. The van der Waals surface area contributed by atoms with Gasteiger partial charge in [0.2, 0.25) is 0 Å². The summed E-state index contributed by atoms with van der Waals surface area (Å²) in [5, 5.41) is 5.61. The highest BCUT2D eigenvalue weighted by Crippen LogP contribution is 2.39. The second kappa shape index (κ2) is 7.39. The summed E-state index contributed by atoms with van der Waals surface area (Å²) in [7, 11) is 4.36. The zero-order valence-corrected chi connectivity index (χ0v) is 15.3. The van der Waals surface area contributed by atoms with Crippen LogP contribution < -0.4 is 5.32 Å². The molecule has 1 aliphatic rings. The molecule has 1 aromatic rings. The van der Waals surface area contributed by atoms with Gasteiger partial charge in [-0.15, -0.1) is 11.3 Å². The molecule has 0 unspecified atom stereocenters. The molecular formula is C16H27BrN2S. The van der Waals surface area contributed by atoms with Crippen molar-refractivity contribution >= 4 is 27.3 Å². The minimum absolute atomic E-state index is 0.477. The van der Waals surface area contributed by atoms with Gasteiger partial charge in [-0.1, -0.05) is 19.8 Å². The van der Waals surface area contributed by atoms with Crippen LogP contribution in [0.15, 0.2) is 15.9 Å². The Hall–Kier alpha value is 0.1000. The number of thiophene rings is 1. The van der Waals surface area contributed by atoms with Crippen LogP contribution in [0.2, 0.25) is 0 Å². The van der Waals surface area contributed by atoms with E-state index in [1.54, 1.807) is 0 Å². The fourth-order valence-corrected chi connectivity index (χ4v) is 5.00. The highest BCUT2D eigenvalue weighted by Gasteiger charge is 2.34. The van der Waals surface area contributed by atoms with Crippen LogP contribution >= 0.6 is 27.3 Å². The number of hydrogen-bond acceptors (Lipinski definition) is 3. The molecule has 1 heterocycles. The van der Waals surface area contributed by atoms with Crippen molar-refractivity contribution in [1.82, 2.24) is 10.2 Å². The maximum absolute atomic E-state index is 3.54. The third-order valence-electron chi connectivity index (χ3n) is 4.54. The largest absolute Gasteiger partial charge is 0.319 e. The molecule has 0 aromatic carbocycles. The van der Waals surface area contributed by atoms with Gasteiger partial charge in [0, 0.05) is 34.4 Å². The molecule has 0 bridgehead atoms. The van der Waals surface area contributed by atoms with Crippen LogP contribution in [0.25, 0.3) is 0 Å². The van der Waals surface area contributed by atoms with Gasteiger partial charge in [-0.25, -0.2) is 0 Å². The normalized spacial score (nSPS) is 27.1. The van der Waals surface area contributed by atoms with E-state index in [9.17, 15) is 0 Å². The molecule has 1 aromatic heterocycles. The summed E-state index contributed by atoms with van der Waals surface area (Å²) in [5.41, 5.74) is 0.477. The summed E-state index contributed by atoms with van der Waals surface area (Å²) < 4.78 is 1.21. The molecule has 2 rings (SSSR count). The third kappa shape index (κ3) is 4.55. The number of hydrogen-bond donors (Lipinski definition) is 1. The number of nitrogens with one attached hydrogen (secondary N) is 1. The van der Waals surface area contributed by atoms with E-state index in [0.717, 1.165) is 19.0 Å². The molecule has 2 nitrogen and oxygen atoms in total. The topological polar surface area (TPSA) is 15.3 Å². The maximum atomic E-state index is 3.54. The maximum Gasteiger partial charge on any atom is 0.0325 e. The zero-order chi connectivity index (χ0) is 14.6. The van der Waals surface area contributed by atoms with Crippen LogP contribution in [0.3, 0.4) is 0 Å². The van der Waals surface area contributed by atoms with E-state index < -0.39 is 0 Å². The summed E-state index contributed by atoms with van der Waals surface area (Å²) in [4.78, 5) is 3.95. The number of nitrogens with zero attached hydrogens (tertiary/aromatic N) is 1. The second-order valence-corrected chi connectivity index (χ2v) is 8.53. The molecule has 1 aliphatic carbocycles. The van der Waals surface area contributed by atoms with Gasteiger partial charge in [0.05, 0.1) is 0 Å². The molecule has 0 amide bonds. The third-order valence-corrected chi connectivity index (χ3v) is 6.22. The Kier molecular flexibility index (Phi) is 6.09. The average molecular weight is 359 g/mol. The van der Waals surface area contributed by atoms with E-state index in [-0.39, 0.29) is 0 Å². The van der Waals surface area contributed by atoms with Crippen LogP contribution in [-0.2, 0) is 6.54 Å². The van der Waals surface area contributed by atoms with E-state index >= 15 is 0 Å². The second-order valence-electron chi connectivity index (χ2n) is 6.62. The Labute approximate surface area is 136 Å². The lowest BCUT2D eigenvalue weighted by atomic mass is 9.70. The van der Waals surface area contributed by atoms with Crippen LogP contribution in [-0.4, -0.2) is 32.1 Å². The highest BCUT2D eigenvalue weighted by molar-refractivity contribution is 9.10. The van der Waals surface area contributed by atoms with Crippen molar-refractivity contribution in [2.24, 2.45) is 11.3 Å². The lowest BCUT2D eigenvalue weighted by Crippen LogP contribution is -2.44. The van der Waals surface area contributed by atoms with Crippen molar-refractivity contribution in [3.05, 3.63) is 20.8 Å². The van der Waals surface area contributed by atoms with Crippen molar-refractivity contribution < 1.29 is 0 Å². The SMILES string of the molecule is CNCC1(CN(C)Cc2cc(Br)cs2)CCC(C)CC1. The number of halogens is 1. The summed E-state index contributed by atoms with van der Waals surface area (Å²) in [5.74, 6) is 0.915. The Morgan fingerprint density at radius 1 is 1.45 bits per heavy atom. The average Bonchev–Trinajstić information content (AvgIpc) is 2.79. The van der Waals surface area contributed by atoms with E-state index in [2.05, 4.69) is 58.6 Å². The minimum atomic E-state index is 0.477. The minimum Gasteiger partial charge on any atom is -0.319 e. The molecule has 0 atom stereocenters. The van der Waals surface area contributed by atoms with Gasteiger partial charge < -0.3 is 10.2 Å². The molecule has 0 spiro atoms. The van der Waals surface area contributed by atoms with Gasteiger partial charge in [0.25, 0.3) is 0 Å². The molecular weight excluding hydrogens is 332 g/mol. The summed E-state index contributed by atoms with van der Waals surface area (Å²) in [6.45, 7) is 5.82. The van der Waals surface area contributed by atoms with Gasteiger partial charge in [0.1, 0.15) is 0 Å². The molecule has 1 N–H and O–H groups in total. The first-order valence-corrected chi connectivity index (χ1v) is 9.26. The quantitative estimate of drug-likeness (QED) is 0.812. The van der Waals surface area contributed by atoms with E-state index in [1.165, 1.54) is 41.6 Å². The van der Waals surface area contributed by atoms with Crippen molar-refractivity contribution in [3.8, 4) is 0 Å². The lowest BCUT2D eigenvalue weighted by molar-refractivity contribution is 0.0984. The summed E-state index contributed by atoms with van der Waals surface area (Å²) in [6, 6.07) is 2.24. The van der Waals surface area contributed by atoms with Gasteiger partial charge in [0.15, 0.2) is 0 Å². The van der Waals surface area contributed by atoms with Crippen LogP contribution in [0.1, 0.15) is 37.5 Å². The molecule has 114 valence electrons. The van der Waals surface area contributed by atoms with Gasteiger partial charge in [-0.3, -0.25) is 0 Å². The van der Waals surface area contributed by atoms with Crippen molar-refractivity contribution in [2.45, 2.75) is 39.2 Å². The first-order chi connectivity index (χ1) is 9.53. The standard InChI is InChI=1S/C16H27BrN2S/c1-13-4-6-16(7-5-13,11-18-2)12-19(3)9-15-8-14(17)10-20-15/h8,10,13,18H,4-7,9,11-12H2,1-3H3. The van der Waals surface area contributed by atoms with Crippen LogP contribution in [0, 0.1) is 11.3 Å². The van der Waals surface area contributed by atoms with Crippen molar-refractivity contribution in [2.75, 3.05) is 27.2 Å².